The average molecular weight is 705 g/mol. The normalized spacial score (nSPS) is 12.6. The molecule has 1 heterocycles. The average Bonchev–Trinajstić information content (AvgIpc) is 3.11. The zero-order valence-corrected chi connectivity index (χ0v) is 30.8. The van der Waals surface area contributed by atoms with Crippen LogP contribution in [-0.2, 0) is 21.4 Å². The van der Waals surface area contributed by atoms with Gasteiger partial charge in [-0.3, -0.25) is 9.78 Å². The maximum atomic E-state index is 12.2. The third-order valence-corrected chi connectivity index (χ3v) is 9.63. The summed E-state index contributed by atoms with van der Waals surface area (Å²) in [5, 5.41) is 8.32. The van der Waals surface area contributed by atoms with Gasteiger partial charge < -0.3 is 28.2 Å². The Kier molecular flexibility index (Phi) is 15.9. The molecule has 2 unspecified atom stereocenters. The van der Waals surface area contributed by atoms with E-state index in [4.69, 9.17) is 24.0 Å². The number of aryl methyl sites for hydroxylation is 1. The first-order valence-electron chi connectivity index (χ1n) is 16.6. The van der Waals surface area contributed by atoms with Crippen LogP contribution in [0.1, 0.15) is 64.2 Å². The Morgan fingerprint density at radius 3 is 1.82 bits per heavy atom. The summed E-state index contributed by atoms with van der Waals surface area (Å²) in [6, 6.07) is 29.6. The van der Waals surface area contributed by atoms with Gasteiger partial charge in [0.2, 0.25) is 0 Å². The van der Waals surface area contributed by atoms with Crippen molar-refractivity contribution in [3.63, 3.8) is 0 Å². The summed E-state index contributed by atoms with van der Waals surface area (Å²) in [6.07, 6.45) is 2.12. The first-order chi connectivity index (χ1) is 24.0. The highest BCUT2D eigenvalue weighted by molar-refractivity contribution is 7.43. The Morgan fingerprint density at radius 2 is 1.36 bits per heavy atom. The predicted octanol–water partition coefficient (Wildman–Crippen LogP) is 6.60. The van der Waals surface area contributed by atoms with E-state index in [2.05, 4.69) is 4.98 Å². The molecule has 0 aliphatic heterocycles. The molecule has 11 nitrogen and oxygen atoms in total. The van der Waals surface area contributed by atoms with Crippen molar-refractivity contribution in [2.45, 2.75) is 77.8 Å². The molecule has 2 N–H and O–H groups in total. The quantitative estimate of drug-likeness (QED) is 0.0751. The molecule has 0 saturated heterocycles. The third-order valence-electron chi connectivity index (χ3n) is 7.90. The fraction of sp³-hybridized carbons (Fsp3) is 0.395. The van der Waals surface area contributed by atoms with Crippen molar-refractivity contribution in [3.8, 4) is 17.6 Å². The van der Waals surface area contributed by atoms with Crippen LogP contribution < -0.4 is 20.7 Å². The highest BCUT2D eigenvalue weighted by Gasteiger charge is 2.39. The van der Waals surface area contributed by atoms with Crippen LogP contribution in [0.3, 0.4) is 0 Å². The molecule has 0 radical (unpaired) electrons. The van der Waals surface area contributed by atoms with Crippen molar-refractivity contribution in [2.75, 3.05) is 20.8 Å². The third kappa shape index (κ3) is 10.8. The highest BCUT2D eigenvalue weighted by atomic mass is 31.2. The second kappa shape index (κ2) is 19.8. The van der Waals surface area contributed by atoms with Gasteiger partial charge in [0.15, 0.2) is 0 Å². The Morgan fingerprint density at radius 1 is 0.840 bits per heavy atom. The molecule has 0 aliphatic carbocycles. The van der Waals surface area contributed by atoms with Gasteiger partial charge in [0.25, 0.3) is 14.1 Å². The van der Waals surface area contributed by atoms with Gasteiger partial charge in [-0.1, -0.05) is 54.6 Å². The van der Waals surface area contributed by atoms with Crippen molar-refractivity contribution in [1.29, 1.82) is 5.26 Å². The molecule has 2 atom stereocenters. The Labute approximate surface area is 296 Å². The molecule has 0 spiro atoms. The minimum atomic E-state index is -1.55. The van der Waals surface area contributed by atoms with Crippen LogP contribution >= 0.6 is 8.53 Å². The van der Waals surface area contributed by atoms with E-state index in [1.165, 1.54) is 16.8 Å². The number of nitrogens with one attached hydrogen (secondary N) is 1. The molecule has 50 heavy (non-hydrogen) atoms. The van der Waals surface area contributed by atoms with Crippen LogP contribution in [0.15, 0.2) is 101 Å². The number of methoxy groups -OCH3 is 2. The SMILES string of the molecule is CC(C)N(C(C)C)P(O)OCCC#N.COc1ccc(C(OC(C)CCn2ccc(=O)[nH]c2=O)(c2ccccc2)c2ccc(OC)cc2)cc1. The molecule has 4 rings (SSSR count). The van der Waals surface area contributed by atoms with Gasteiger partial charge in [-0.25, -0.2) is 9.46 Å². The summed E-state index contributed by atoms with van der Waals surface area (Å²) < 4.78 is 26.3. The molecule has 1 aromatic heterocycles. The molecule has 0 amide bonds. The van der Waals surface area contributed by atoms with E-state index in [0.29, 0.717) is 26.0 Å². The van der Waals surface area contributed by atoms with Crippen LogP contribution in [0, 0.1) is 11.3 Å². The van der Waals surface area contributed by atoms with E-state index < -0.39 is 25.4 Å². The van der Waals surface area contributed by atoms with E-state index in [-0.39, 0.29) is 18.2 Å². The standard InChI is InChI=1S/C29H30N2O5.C9H19N2O2P/c1-21(17-19-31-20-18-27(32)30-28(31)33)36-29(22-7-5-4-6-8-22,23-9-13-25(34-2)14-10-23)24-11-15-26(35-3)16-12-24;1-8(2)11(9(3)4)14(12)13-7-5-6-10/h4-16,18,20-21H,17,19H2,1-3H3,(H,30,32,33);8-9,12H,5,7H2,1-4H3. The number of rotatable bonds is 16. The lowest BCUT2D eigenvalue weighted by Crippen LogP contribution is -2.37. The van der Waals surface area contributed by atoms with Gasteiger partial charge >= 0.3 is 5.69 Å². The van der Waals surface area contributed by atoms with E-state index in [0.717, 1.165) is 28.2 Å². The lowest BCUT2D eigenvalue weighted by Gasteiger charge is -2.38. The van der Waals surface area contributed by atoms with Crippen LogP contribution in [-0.4, -0.2) is 58.1 Å². The predicted molar refractivity (Wildman–Crippen MR) is 196 cm³/mol. The Bertz CT molecular complexity index is 1680. The smallest absolute Gasteiger partial charge is 0.328 e. The molecule has 268 valence electrons. The largest absolute Gasteiger partial charge is 0.497 e. The summed E-state index contributed by atoms with van der Waals surface area (Å²) in [6.45, 7) is 10.7. The van der Waals surface area contributed by atoms with Crippen LogP contribution in [0.4, 0.5) is 0 Å². The fourth-order valence-electron chi connectivity index (χ4n) is 5.56. The molecule has 0 bridgehead atoms. The number of hydrogen-bond donors (Lipinski definition) is 2. The fourth-order valence-corrected chi connectivity index (χ4v) is 6.74. The molecule has 12 heteroatoms. The first kappa shape index (κ1) is 40.1. The molecule has 0 fully saturated rings. The second-order valence-electron chi connectivity index (χ2n) is 12.1. The maximum Gasteiger partial charge on any atom is 0.328 e. The monoisotopic (exact) mass is 704 g/mol. The summed E-state index contributed by atoms with van der Waals surface area (Å²) in [4.78, 5) is 35.6. The summed E-state index contributed by atoms with van der Waals surface area (Å²) in [7, 11) is 1.73. The van der Waals surface area contributed by atoms with Crippen LogP contribution in [0.25, 0.3) is 0 Å². The zero-order valence-electron chi connectivity index (χ0n) is 29.9. The number of aromatic nitrogens is 2. The van der Waals surface area contributed by atoms with Crippen molar-refractivity contribution >= 4 is 8.53 Å². The van der Waals surface area contributed by atoms with Crippen LogP contribution in [0.2, 0.25) is 0 Å². The van der Waals surface area contributed by atoms with Crippen molar-refractivity contribution in [2.24, 2.45) is 0 Å². The summed E-state index contributed by atoms with van der Waals surface area (Å²) in [5.41, 5.74) is 1.06. The van der Waals surface area contributed by atoms with E-state index in [1.54, 1.807) is 14.2 Å². The number of ether oxygens (including phenoxy) is 3. The number of H-pyrrole nitrogens is 1. The van der Waals surface area contributed by atoms with Crippen molar-refractivity contribution in [3.05, 3.63) is 129 Å². The first-order valence-corrected chi connectivity index (χ1v) is 17.7. The minimum Gasteiger partial charge on any atom is -0.497 e. The molecule has 4 aromatic rings. The van der Waals surface area contributed by atoms with Crippen molar-refractivity contribution in [1.82, 2.24) is 14.2 Å². The highest BCUT2D eigenvalue weighted by Crippen LogP contribution is 2.43. The van der Waals surface area contributed by atoms with Gasteiger partial charge in [0.05, 0.1) is 39.4 Å². The second-order valence-corrected chi connectivity index (χ2v) is 13.3. The van der Waals surface area contributed by atoms with E-state index in [9.17, 15) is 14.5 Å². The topological polar surface area (TPSA) is 139 Å². The number of aromatic amines is 1. The summed E-state index contributed by atoms with van der Waals surface area (Å²) >= 11 is 0. The Hall–Kier alpha value is -4.30. The Balaban J connectivity index is 0.000000409. The summed E-state index contributed by atoms with van der Waals surface area (Å²) in [5.74, 6) is 1.50. The maximum absolute atomic E-state index is 12.2. The van der Waals surface area contributed by atoms with E-state index >= 15 is 0 Å². The number of benzene rings is 3. The van der Waals surface area contributed by atoms with Gasteiger partial charge in [-0.05, 0) is 82.0 Å². The lowest BCUT2D eigenvalue weighted by molar-refractivity contribution is -0.0435. The van der Waals surface area contributed by atoms with Gasteiger partial charge in [0, 0.05) is 30.9 Å². The lowest BCUT2D eigenvalue weighted by atomic mass is 9.79. The molecular weight excluding hydrogens is 655 g/mol. The van der Waals surface area contributed by atoms with Gasteiger partial charge in [0.1, 0.15) is 17.1 Å². The molecule has 0 aliphatic rings. The molecule has 0 saturated carbocycles. The van der Waals surface area contributed by atoms with Crippen molar-refractivity contribution < 1.29 is 23.6 Å². The van der Waals surface area contributed by atoms with Gasteiger partial charge in [-0.2, -0.15) is 5.26 Å². The van der Waals surface area contributed by atoms with Gasteiger partial charge in [-0.15, -0.1) is 0 Å². The van der Waals surface area contributed by atoms with E-state index in [1.807, 2.05) is 124 Å². The number of nitrogens with zero attached hydrogens (tertiary/aromatic N) is 3. The number of nitriles is 1. The molecular formula is C38H49N4O7P. The zero-order chi connectivity index (χ0) is 36.7. The number of hydrogen-bond acceptors (Lipinski definition) is 9. The van der Waals surface area contributed by atoms with Crippen LogP contribution in [0.5, 0.6) is 11.5 Å². The minimum absolute atomic E-state index is 0.244. The molecule has 3 aromatic carbocycles.